The van der Waals surface area contributed by atoms with Crippen LogP contribution in [0.3, 0.4) is 0 Å². The smallest absolute Gasteiger partial charge is 0.145 e. The van der Waals surface area contributed by atoms with Crippen LogP contribution in [0.15, 0.2) is 6.07 Å². The molecule has 0 saturated heterocycles. The van der Waals surface area contributed by atoms with Crippen LogP contribution in [-0.4, -0.2) is 29.7 Å². The number of nitrogens with one attached hydrogen (secondary N) is 2. The summed E-state index contributed by atoms with van der Waals surface area (Å²) in [7, 11) is 0. The molecule has 0 bridgehead atoms. The molecule has 21 heavy (non-hydrogen) atoms. The van der Waals surface area contributed by atoms with E-state index < -0.39 is 0 Å². The molecule has 6 heteroatoms. The molecule has 0 unspecified atom stereocenters. The van der Waals surface area contributed by atoms with Gasteiger partial charge < -0.3 is 15.5 Å². The number of nitrogens with two attached hydrogens (primary N) is 1. The first-order valence-corrected chi connectivity index (χ1v) is 7.67. The molecule has 118 valence electrons. The topological polar surface area (TPSA) is 85.1 Å². The van der Waals surface area contributed by atoms with Crippen molar-refractivity contribution in [3.05, 3.63) is 11.9 Å². The Morgan fingerprint density at radius 1 is 1.29 bits per heavy atom. The standard InChI is InChI=1S/C15H27N5O/c1-15(2,3)14-18-12(9-13(19-14)20-16)17-7-4-8-21-10-11-5-6-11/h9,11H,4-8,10,16H2,1-3H3,(H2,17,18,19,20). The summed E-state index contributed by atoms with van der Waals surface area (Å²) in [5, 5.41) is 3.31. The molecule has 0 aromatic carbocycles. The van der Waals surface area contributed by atoms with E-state index in [0.717, 1.165) is 43.7 Å². The number of hydrogen-bond donors (Lipinski definition) is 3. The monoisotopic (exact) mass is 293 g/mol. The van der Waals surface area contributed by atoms with Crippen LogP contribution in [0.2, 0.25) is 0 Å². The highest BCUT2D eigenvalue weighted by molar-refractivity contribution is 5.47. The molecule has 0 amide bonds. The molecule has 1 aromatic rings. The summed E-state index contributed by atoms with van der Waals surface area (Å²) in [5.74, 6) is 8.49. The van der Waals surface area contributed by atoms with Gasteiger partial charge in [-0.2, -0.15) is 0 Å². The fourth-order valence-corrected chi connectivity index (χ4v) is 1.87. The molecule has 0 atom stereocenters. The lowest BCUT2D eigenvalue weighted by molar-refractivity contribution is 0.124. The summed E-state index contributed by atoms with van der Waals surface area (Å²) in [6.45, 7) is 8.79. The van der Waals surface area contributed by atoms with Gasteiger partial charge in [0.15, 0.2) is 0 Å². The van der Waals surface area contributed by atoms with Gasteiger partial charge in [-0.25, -0.2) is 15.8 Å². The van der Waals surface area contributed by atoms with E-state index in [-0.39, 0.29) is 5.41 Å². The minimum absolute atomic E-state index is 0.114. The number of nitrogen functional groups attached to an aromatic ring is 1. The average Bonchev–Trinajstić information content (AvgIpc) is 3.25. The van der Waals surface area contributed by atoms with Crippen molar-refractivity contribution in [1.82, 2.24) is 9.97 Å². The third-order valence-corrected chi connectivity index (χ3v) is 3.37. The van der Waals surface area contributed by atoms with Crippen LogP contribution in [0.1, 0.15) is 45.9 Å². The highest BCUT2D eigenvalue weighted by Crippen LogP contribution is 2.28. The summed E-state index contributed by atoms with van der Waals surface area (Å²) < 4.78 is 5.61. The quantitative estimate of drug-likeness (QED) is 0.387. The average molecular weight is 293 g/mol. The van der Waals surface area contributed by atoms with Crippen molar-refractivity contribution < 1.29 is 4.74 Å². The lowest BCUT2D eigenvalue weighted by atomic mass is 9.96. The van der Waals surface area contributed by atoms with Crippen molar-refractivity contribution in [2.75, 3.05) is 30.5 Å². The zero-order valence-corrected chi connectivity index (χ0v) is 13.3. The van der Waals surface area contributed by atoms with Gasteiger partial charge in [-0.05, 0) is 25.2 Å². The van der Waals surface area contributed by atoms with Crippen LogP contribution in [0.4, 0.5) is 11.6 Å². The zero-order valence-electron chi connectivity index (χ0n) is 13.3. The van der Waals surface area contributed by atoms with E-state index in [1.807, 2.05) is 6.07 Å². The first-order valence-electron chi connectivity index (χ1n) is 7.67. The van der Waals surface area contributed by atoms with Crippen LogP contribution in [0.5, 0.6) is 0 Å². The van der Waals surface area contributed by atoms with E-state index in [9.17, 15) is 0 Å². The molecule has 1 aliphatic carbocycles. The summed E-state index contributed by atoms with van der Waals surface area (Å²) in [6.07, 6.45) is 3.64. The van der Waals surface area contributed by atoms with E-state index in [0.29, 0.717) is 5.82 Å². The van der Waals surface area contributed by atoms with E-state index in [4.69, 9.17) is 10.6 Å². The molecule has 6 nitrogen and oxygen atoms in total. The molecule has 1 saturated carbocycles. The Labute approximate surface area is 126 Å². The van der Waals surface area contributed by atoms with Crippen molar-refractivity contribution >= 4 is 11.6 Å². The predicted octanol–water partition coefficient (Wildman–Crippen LogP) is 2.29. The molecule has 1 aliphatic rings. The molecule has 0 radical (unpaired) electrons. The highest BCUT2D eigenvalue weighted by atomic mass is 16.5. The van der Waals surface area contributed by atoms with Gasteiger partial charge in [-0.3, -0.25) is 0 Å². The maximum Gasteiger partial charge on any atom is 0.145 e. The minimum atomic E-state index is -0.114. The Morgan fingerprint density at radius 3 is 2.62 bits per heavy atom. The minimum Gasteiger partial charge on any atom is -0.381 e. The van der Waals surface area contributed by atoms with Crippen LogP contribution < -0.4 is 16.6 Å². The number of ether oxygens (including phenoxy) is 1. The van der Waals surface area contributed by atoms with Gasteiger partial charge >= 0.3 is 0 Å². The van der Waals surface area contributed by atoms with Gasteiger partial charge in [-0.15, -0.1) is 0 Å². The Hall–Kier alpha value is -1.40. The van der Waals surface area contributed by atoms with Gasteiger partial charge in [0.05, 0.1) is 0 Å². The third kappa shape index (κ3) is 5.47. The fraction of sp³-hybridized carbons (Fsp3) is 0.733. The lowest BCUT2D eigenvalue weighted by Crippen LogP contribution is -2.20. The third-order valence-electron chi connectivity index (χ3n) is 3.37. The van der Waals surface area contributed by atoms with Gasteiger partial charge in [0.2, 0.25) is 0 Å². The highest BCUT2D eigenvalue weighted by Gasteiger charge is 2.21. The molecule has 2 rings (SSSR count). The maximum absolute atomic E-state index is 5.61. The van der Waals surface area contributed by atoms with Crippen molar-refractivity contribution in [3.8, 4) is 0 Å². The summed E-state index contributed by atoms with van der Waals surface area (Å²) in [5.41, 5.74) is 2.48. The van der Waals surface area contributed by atoms with Gasteiger partial charge in [-0.1, -0.05) is 20.8 Å². The van der Waals surface area contributed by atoms with Gasteiger partial charge in [0.25, 0.3) is 0 Å². The number of hydrazine groups is 1. The number of anilines is 2. The molecular formula is C15H27N5O. The normalized spacial score (nSPS) is 15.0. The fourth-order valence-electron chi connectivity index (χ4n) is 1.87. The Morgan fingerprint density at radius 2 is 2.00 bits per heavy atom. The van der Waals surface area contributed by atoms with Gasteiger partial charge in [0.1, 0.15) is 17.5 Å². The van der Waals surface area contributed by atoms with Crippen LogP contribution >= 0.6 is 0 Å². The van der Waals surface area contributed by atoms with Crippen molar-refractivity contribution in [2.24, 2.45) is 11.8 Å². The SMILES string of the molecule is CC(C)(C)c1nc(NN)cc(NCCCOCC2CC2)n1. The zero-order chi connectivity index (χ0) is 15.3. The first kappa shape index (κ1) is 16.0. The van der Waals surface area contributed by atoms with Crippen molar-refractivity contribution in [1.29, 1.82) is 0 Å². The lowest BCUT2D eigenvalue weighted by Gasteiger charge is -2.18. The molecule has 0 spiro atoms. The second-order valence-corrected chi connectivity index (χ2v) is 6.65. The Bertz CT molecular complexity index is 454. The molecule has 1 fully saturated rings. The molecule has 0 aliphatic heterocycles. The molecular weight excluding hydrogens is 266 g/mol. The molecule has 4 N–H and O–H groups in total. The second-order valence-electron chi connectivity index (χ2n) is 6.65. The van der Waals surface area contributed by atoms with Crippen molar-refractivity contribution in [2.45, 2.75) is 45.4 Å². The van der Waals surface area contributed by atoms with Crippen LogP contribution in [0.25, 0.3) is 0 Å². The number of aromatic nitrogens is 2. The summed E-state index contributed by atoms with van der Waals surface area (Å²) in [6, 6.07) is 1.82. The predicted molar refractivity (Wildman–Crippen MR) is 85.2 cm³/mol. The first-order chi connectivity index (χ1) is 9.99. The number of rotatable bonds is 8. The van der Waals surface area contributed by atoms with E-state index in [1.165, 1.54) is 12.8 Å². The van der Waals surface area contributed by atoms with E-state index >= 15 is 0 Å². The van der Waals surface area contributed by atoms with Crippen LogP contribution in [-0.2, 0) is 10.2 Å². The van der Waals surface area contributed by atoms with Crippen molar-refractivity contribution in [3.63, 3.8) is 0 Å². The summed E-state index contributed by atoms with van der Waals surface area (Å²) >= 11 is 0. The second kappa shape index (κ2) is 7.04. The Balaban J connectivity index is 1.80. The molecule has 1 aromatic heterocycles. The number of hydrogen-bond acceptors (Lipinski definition) is 6. The largest absolute Gasteiger partial charge is 0.381 e. The number of nitrogens with zero attached hydrogens (tertiary/aromatic N) is 2. The molecule has 1 heterocycles. The van der Waals surface area contributed by atoms with Crippen LogP contribution in [0, 0.1) is 5.92 Å². The maximum atomic E-state index is 5.61. The Kier molecular flexibility index (Phi) is 5.36. The van der Waals surface area contributed by atoms with E-state index in [2.05, 4.69) is 41.5 Å². The van der Waals surface area contributed by atoms with Gasteiger partial charge in [0, 0.05) is 31.2 Å². The summed E-state index contributed by atoms with van der Waals surface area (Å²) in [4.78, 5) is 8.95. The van der Waals surface area contributed by atoms with E-state index in [1.54, 1.807) is 0 Å².